The van der Waals surface area contributed by atoms with E-state index in [9.17, 15) is 8.78 Å². The van der Waals surface area contributed by atoms with Crippen LogP contribution in [0.2, 0.25) is 0 Å². The molecule has 2 aromatic carbocycles. The molecule has 0 N–H and O–H groups in total. The molecule has 0 saturated carbocycles. The molecule has 190 valence electrons. The van der Waals surface area contributed by atoms with E-state index in [1.54, 1.807) is 36.5 Å². The van der Waals surface area contributed by atoms with Gasteiger partial charge in [-0.2, -0.15) is 0 Å². The average Bonchev–Trinajstić information content (AvgIpc) is 3.48. The molecule has 36 heavy (non-hydrogen) atoms. The van der Waals surface area contributed by atoms with Crippen molar-refractivity contribution in [2.24, 2.45) is 0 Å². The van der Waals surface area contributed by atoms with E-state index in [1.807, 2.05) is 36.3 Å². The van der Waals surface area contributed by atoms with Crippen LogP contribution in [-0.4, -0.2) is 59.3 Å². The third-order valence-corrected chi connectivity index (χ3v) is 7.78. The third-order valence-electron chi connectivity index (χ3n) is 5.72. The van der Waals surface area contributed by atoms with Crippen LogP contribution >= 0.6 is 22.7 Å². The zero-order valence-electron chi connectivity index (χ0n) is 21.1. The molecule has 4 rings (SSSR count). The van der Waals surface area contributed by atoms with E-state index < -0.39 is 12.3 Å². The van der Waals surface area contributed by atoms with Crippen molar-refractivity contribution < 1.29 is 8.78 Å². The van der Waals surface area contributed by atoms with Crippen LogP contribution in [0.15, 0.2) is 60.9 Å². The molecule has 0 bridgehead atoms. The summed E-state index contributed by atoms with van der Waals surface area (Å²) in [7, 11) is 3.83. The number of hydrogen-bond donors (Lipinski definition) is 0. The highest BCUT2D eigenvalue weighted by molar-refractivity contribution is 7.15. The summed E-state index contributed by atoms with van der Waals surface area (Å²) in [5.74, 6) is 0. The topological polar surface area (TPSA) is 32.3 Å². The molecule has 0 spiro atoms. The SMILES string of the molecule is C[C@@H](F)CN(C)Cc1ncc(-c2ccc(-c3ccc(-c4cnc(CN(C)C[C@@H](C)F)s4)cc3)cc2)s1. The monoisotopic (exact) mass is 526 g/mol. The molecule has 2 aromatic heterocycles. The maximum absolute atomic E-state index is 13.2. The maximum atomic E-state index is 13.2. The molecule has 0 unspecified atom stereocenters. The van der Waals surface area contributed by atoms with Gasteiger partial charge in [-0.1, -0.05) is 48.5 Å². The largest absolute Gasteiger partial charge is 0.297 e. The van der Waals surface area contributed by atoms with Crippen LogP contribution < -0.4 is 0 Å². The third kappa shape index (κ3) is 7.26. The highest BCUT2D eigenvalue weighted by atomic mass is 32.1. The summed E-state index contributed by atoms with van der Waals surface area (Å²) in [4.78, 5) is 15.2. The minimum absolute atomic E-state index is 0.406. The average molecular weight is 527 g/mol. The van der Waals surface area contributed by atoms with Crippen LogP contribution in [0.1, 0.15) is 23.9 Å². The van der Waals surface area contributed by atoms with Gasteiger partial charge in [-0.3, -0.25) is 9.80 Å². The lowest BCUT2D eigenvalue weighted by molar-refractivity contribution is 0.228. The first kappa shape index (κ1) is 26.5. The number of halogens is 2. The molecular formula is C28H32F2N4S2. The van der Waals surface area contributed by atoms with Crippen LogP contribution in [0, 0.1) is 0 Å². The Morgan fingerprint density at radius 2 is 0.972 bits per heavy atom. The molecule has 2 heterocycles. The number of aromatic nitrogens is 2. The number of rotatable bonds is 11. The second-order valence-corrected chi connectivity index (χ2v) is 11.6. The number of alkyl halides is 2. The first-order valence-corrected chi connectivity index (χ1v) is 13.7. The van der Waals surface area contributed by atoms with Gasteiger partial charge in [-0.15, -0.1) is 22.7 Å². The first-order valence-electron chi connectivity index (χ1n) is 12.0. The summed E-state index contributed by atoms with van der Waals surface area (Å²) in [5, 5.41) is 1.98. The number of thiazole rings is 2. The normalized spacial score (nSPS) is 13.4. The summed E-state index contributed by atoms with van der Waals surface area (Å²) >= 11 is 3.30. The van der Waals surface area contributed by atoms with E-state index in [4.69, 9.17) is 0 Å². The second kappa shape index (κ2) is 12.1. The standard InChI is InChI=1S/C28H32F2N4S2/c1-19(29)15-33(3)17-27-31-13-25(35-27)23-9-5-21(6-10-23)22-7-11-24(12-8-22)26-14-32-28(36-26)18-34(4)16-20(2)30/h5-14,19-20H,15-18H2,1-4H3/t19-,20-/m1/s1. The fourth-order valence-corrected chi connectivity index (χ4v) is 6.14. The van der Waals surface area contributed by atoms with Crippen molar-refractivity contribution in [2.75, 3.05) is 27.2 Å². The smallest absolute Gasteiger partial charge is 0.110 e. The van der Waals surface area contributed by atoms with Crippen molar-refractivity contribution in [3.63, 3.8) is 0 Å². The quantitative estimate of drug-likeness (QED) is 0.207. The highest BCUT2D eigenvalue weighted by Gasteiger charge is 2.11. The molecule has 0 aliphatic heterocycles. The summed E-state index contributed by atoms with van der Waals surface area (Å²) in [6.07, 6.45) is 2.10. The zero-order valence-corrected chi connectivity index (χ0v) is 22.8. The van der Waals surface area contributed by atoms with Crippen LogP contribution in [-0.2, 0) is 13.1 Å². The lowest BCUT2D eigenvalue weighted by Gasteiger charge is -2.15. The van der Waals surface area contributed by atoms with E-state index in [2.05, 4.69) is 58.5 Å². The lowest BCUT2D eigenvalue weighted by Crippen LogP contribution is -2.24. The Balaban J connectivity index is 1.39. The molecule has 4 aromatic rings. The predicted molar refractivity (Wildman–Crippen MR) is 148 cm³/mol. The van der Waals surface area contributed by atoms with E-state index in [0.717, 1.165) is 42.0 Å². The zero-order chi connectivity index (χ0) is 25.7. The Morgan fingerprint density at radius 3 is 1.31 bits per heavy atom. The molecule has 0 aliphatic rings. The first-order chi connectivity index (χ1) is 17.3. The van der Waals surface area contributed by atoms with Crippen LogP contribution in [0.4, 0.5) is 8.78 Å². The molecule has 0 saturated heterocycles. The van der Waals surface area contributed by atoms with Crippen molar-refractivity contribution in [1.82, 2.24) is 19.8 Å². The minimum atomic E-state index is -0.847. The van der Waals surface area contributed by atoms with E-state index in [1.165, 1.54) is 0 Å². The number of benzene rings is 2. The van der Waals surface area contributed by atoms with Gasteiger partial charge in [0.05, 0.1) is 22.8 Å². The molecule has 0 fully saturated rings. The number of hydrogen-bond acceptors (Lipinski definition) is 6. The molecule has 0 radical (unpaired) electrons. The van der Waals surface area contributed by atoms with E-state index in [0.29, 0.717) is 26.2 Å². The van der Waals surface area contributed by atoms with Gasteiger partial charge in [0.2, 0.25) is 0 Å². The Kier molecular flexibility index (Phi) is 8.95. The fraction of sp³-hybridized carbons (Fsp3) is 0.357. The number of nitrogens with zero attached hydrogens (tertiary/aromatic N) is 4. The molecule has 8 heteroatoms. The highest BCUT2D eigenvalue weighted by Crippen LogP contribution is 2.32. The summed E-state index contributed by atoms with van der Waals surface area (Å²) in [6, 6.07) is 17.0. The predicted octanol–water partition coefficient (Wildman–Crippen LogP) is 7.18. The minimum Gasteiger partial charge on any atom is -0.297 e. The summed E-state index contributed by atoms with van der Waals surface area (Å²) in [6.45, 7) is 5.27. The van der Waals surface area contributed by atoms with E-state index in [-0.39, 0.29) is 0 Å². The van der Waals surface area contributed by atoms with Gasteiger partial charge in [0.1, 0.15) is 22.4 Å². The van der Waals surface area contributed by atoms with Crippen LogP contribution in [0.5, 0.6) is 0 Å². The Morgan fingerprint density at radius 1 is 0.639 bits per heavy atom. The van der Waals surface area contributed by atoms with Gasteiger partial charge < -0.3 is 0 Å². The molecule has 0 aliphatic carbocycles. The lowest BCUT2D eigenvalue weighted by atomic mass is 10.0. The summed E-state index contributed by atoms with van der Waals surface area (Å²) < 4.78 is 26.4. The van der Waals surface area contributed by atoms with Gasteiger partial charge in [0.15, 0.2) is 0 Å². The van der Waals surface area contributed by atoms with Gasteiger partial charge >= 0.3 is 0 Å². The van der Waals surface area contributed by atoms with Crippen LogP contribution in [0.25, 0.3) is 32.0 Å². The van der Waals surface area contributed by atoms with E-state index >= 15 is 0 Å². The van der Waals surface area contributed by atoms with Gasteiger partial charge in [-0.25, -0.2) is 18.7 Å². The van der Waals surface area contributed by atoms with Gasteiger partial charge in [0.25, 0.3) is 0 Å². The molecular weight excluding hydrogens is 494 g/mol. The maximum Gasteiger partial charge on any atom is 0.110 e. The van der Waals surface area contributed by atoms with Crippen LogP contribution in [0.3, 0.4) is 0 Å². The Bertz CT molecular complexity index is 1140. The molecule has 2 atom stereocenters. The molecule has 0 amide bonds. The van der Waals surface area contributed by atoms with Crippen molar-refractivity contribution in [1.29, 1.82) is 0 Å². The van der Waals surface area contributed by atoms with Crippen molar-refractivity contribution in [2.45, 2.75) is 39.3 Å². The second-order valence-electron chi connectivity index (χ2n) is 9.35. The van der Waals surface area contributed by atoms with Gasteiger partial charge in [0, 0.05) is 25.5 Å². The summed E-state index contributed by atoms with van der Waals surface area (Å²) in [5.41, 5.74) is 4.56. The van der Waals surface area contributed by atoms with Gasteiger partial charge in [-0.05, 0) is 50.2 Å². The molecule has 4 nitrogen and oxygen atoms in total. The fourth-order valence-electron chi connectivity index (χ4n) is 4.14. The van der Waals surface area contributed by atoms with Crippen molar-refractivity contribution in [3.8, 4) is 32.0 Å². The Labute approximate surface area is 220 Å². The van der Waals surface area contributed by atoms with Crippen molar-refractivity contribution >= 4 is 22.7 Å². The van der Waals surface area contributed by atoms with Crippen molar-refractivity contribution in [3.05, 3.63) is 70.9 Å². The Hall–Kier alpha value is -2.52.